The second-order valence-electron chi connectivity index (χ2n) is 5.37. The molecule has 0 aromatic heterocycles. The highest BCUT2D eigenvalue weighted by molar-refractivity contribution is 9.10. The topological polar surface area (TPSA) is 49.5 Å². The molecule has 1 aromatic rings. The molecule has 3 nitrogen and oxygen atoms in total. The van der Waals surface area contributed by atoms with E-state index < -0.39 is 0 Å². The molecule has 1 saturated heterocycles. The molecule has 0 radical (unpaired) electrons. The van der Waals surface area contributed by atoms with Crippen LogP contribution in [0.25, 0.3) is 0 Å². The zero-order valence-electron chi connectivity index (χ0n) is 11.5. The van der Waals surface area contributed by atoms with E-state index in [1.54, 1.807) is 0 Å². The van der Waals surface area contributed by atoms with Gasteiger partial charge in [-0.3, -0.25) is 0 Å². The second kappa shape index (κ2) is 6.73. The van der Waals surface area contributed by atoms with Gasteiger partial charge < -0.3 is 15.7 Å². The highest BCUT2D eigenvalue weighted by Crippen LogP contribution is 2.30. The van der Waals surface area contributed by atoms with Crippen molar-refractivity contribution >= 4 is 21.6 Å². The average molecular weight is 327 g/mol. The molecule has 0 aliphatic carbocycles. The van der Waals surface area contributed by atoms with Crippen LogP contribution in [0.5, 0.6) is 0 Å². The molecule has 19 heavy (non-hydrogen) atoms. The molecule has 1 aromatic carbocycles. The Kier molecular flexibility index (Phi) is 5.25. The molecule has 0 bridgehead atoms. The zero-order chi connectivity index (χ0) is 13.8. The van der Waals surface area contributed by atoms with Crippen LogP contribution in [0.15, 0.2) is 22.7 Å². The third-order valence-corrected chi connectivity index (χ3v) is 4.58. The molecule has 1 heterocycles. The van der Waals surface area contributed by atoms with E-state index in [4.69, 9.17) is 5.73 Å². The fourth-order valence-electron chi connectivity index (χ4n) is 2.77. The summed E-state index contributed by atoms with van der Waals surface area (Å²) in [6, 6.07) is 6.62. The van der Waals surface area contributed by atoms with Crippen molar-refractivity contribution < 1.29 is 5.11 Å². The molecule has 2 rings (SSSR count). The van der Waals surface area contributed by atoms with Crippen LogP contribution in [0.2, 0.25) is 0 Å². The third kappa shape index (κ3) is 3.50. The van der Waals surface area contributed by atoms with Crippen molar-refractivity contribution in [3.63, 3.8) is 0 Å². The Hall–Kier alpha value is -0.580. The number of halogens is 1. The minimum atomic E-state index is 0.0289. The maximum absolute atomic E-state index is 9.59. The highest BCUT2D eigenvalue weighted by atomic mass is 79.9. The number of benzene rings is 1. The van der Waals surface area contributed by atoms with Crippen LogP contribution in [0, 0.1) is 0 Å². The lowest BCUT2D eigenvalue weighted by molar-refractivity contribution is 0.255. The Labute approximate surface area is 123 Å². The van der Waals surface area contributed by atoms with Crippen molar-refractivity contribution in [1.29, 1.82) is 0 Å². The van der Waals surface area contributed by atoms with Crippen molar-refractivity contribution in [3.05, 3.63) is 28.2 Å². The highest BCUT2D eigenvalue weighted by Gasteiger charge is 2.21. The van der Waals surface area contributed by atoms with E-state index in [9.17, 15) is 5.11 Å². The van der Waals surface area contributed by atoms with Gasteiger partial charge in [-0.15, -0.1) is 0 Å². The number of hydrogen-bond donors (Lipinski definition) is 2. The van der Waals surface area contributed by atoms with Gasteiger partial charge in [-0.05, 0) is 37.5 Å². The summed E-state index contributed by atoms with van der Waals surface area (Å²) in [6.07, 6.45) is 4.74. The van der Waals surface area contributed by atoms with Crippen LogP contribution in [-0.4, -0.2) is 24.3 Å². The normalized spacial score (nSPS) is 22.1. The molecule has 106 valence electrons. The first-order valence-electron chi connectivity index (χ1n) is 7.06. The number of nitrogens with two attached hydrogens (primary N) is 1. The lowest BCUT2D eigenvalue weighted by atomic mass is 10.1. The van der Waals surface area contributed by atoms with E-state index in [2.05, 4.69) is 39.0 Å². The number of nitrogens with zero attached hydrogens (tertiary/aromatic N) is 1. The number of anilines is 1. The molecule has 4 heteroatoms. The summed E-state index contributed by atoms with van der Waals surface area (Å²) in [5, 5.41) is 9.59. The van der Waals surface area contributed by atoms with Crippen LogP contribution >= 0.6 is 15.9 Å². The molecule has 1 aliphatic rings. The molecular weight excluding hydrogens is 304 g/mol. The molecule has 1 aliphatic heterocycles. The summed E-state index contributed by atoms with van der Waals surface area (Å²) in [7, 11) is 0. The zero-order valence-corrected chi connectivity index (χ0v) is 13.1. The van der Waals surface area contributed by atoms with Crippen molar-refractivity contribution in [2.45, 2.75) is 44.7 Å². The Morgan fingerprint density at radius 3 is 2.84 bits per heavy atom. The third-order valence-electron chi connectivity index (χ3n) is 3.89. The Bertz CT molecular complexity index is 423. The summed E-state index contributed by atoms with van der Waals surface area (Å²) < 4.78 is 1.06. The lowest BCUT2D eigenvalue weighted by Gasteiger charge is -2.31. The molecule has 0 saturated carbocycles. The number of hydrogen-bond acceptors (Lipinski definition) is 3. The maximum Gasteiger partial charge on any atom is 0.0635 e. The lowest BCUT2D eigenvalue weighted by Crippen LogP contribution is -2.37. The van der Waals surface area contributed by atoms with Crippen molar-refractivity contribution in [2.75, 3.05) is 18.1 Å². The van der Waals surface area contributed by atoms with E-state index >= 15 is 0 Å². The van der Waals surface area contributed by atoms with Gasteiger partial charge in [-0.1, -0.05) is 34.8 Å². The first kappa shape index (κ1) is 14.8. The Morgan fingerprint density at radius 2 is 2.21 bits per heavy atom. The number of aliphatic hydroxyl groups is 1. The van der Waals surface area contributed by atoms with Crippen LogP contribution in [0.1, 0.15) is 44.2 Å². The number of aliphatic hydroxyl groups excluding tert-OH is 1. The molecule has 3 N–H and O–H groups in total. The summed E-state index contributed by atoms with van der Waals surface area (Å²) in [6.45, 7) is 3.24. The van der Waals surface area contributed by atoms with Gasteiger partial charge in [0.05, 0.1) is 12.6 Å². The van der Waals surface area contributed by atoms with Crippen molar-refractivity contribution in [2.24, 2.45) is 5.73 Å². The molecule has 0 amide bonds. The van der Waals surface area contributed by atoms with Gasteiger partial charge in [0.1, 0.15) is 0 Å². The van der Waals surface area contributed by atoms with E-state index in [1.165, 1.54) is 24.9 Å². The molecular formula is C15H23BrN2O. The predicted octanol–water partition coefficient (Wildman–Crippen LogP) is 3.21. The van der Waals surface area contributed by atoms with E-state index in [0.29, 0.717) is 0 Å². The smallest absolute Gasteiger partial charge is 0.0635 e. The monoisotopic (exact) mass is 326 g/mol. The van der Waals surface area contributed by atoms with Gasteiger partial charge in [0, 0.05) is 22.7 Å². The number of rotatable bonds is 3. The molecule has 1 unspecified atom stereocenters. The van der Waals surface area contributed by atoms with Gasteiger partial charge >= 0.3 is 0 Å². The summed E-state index contributed by atoms with van der Waals surface area (Å²) >= 11 is 3.61. The minimum Gasteiger partial charge on any atom is -0.394 e. The maximum atomic E-state index is 9.59. The molecule has 1 fully saturated rings. The van der Waals surface area contributed by atoms with Gasteiger partial charge in [0.15, 0.2) is 0 Å². The van der Waals surface area contributed by atoms with Crippen LogP contribution in [0.3, 0.4) is 0 Å². The molecule has 2 atom stereocenters. The van der Waals surface area contributed by atoms with Crippen LogP contribution in [0.4, 0.5) is 5.69 Å². The SMILES string of the molecule is C[C@H](N)c1ccc(N2CCCCCC2CO)cc1Br. The fourth-order valence-corrected chi connectivity index (χ4v) is 3.50. The quantitative estimate of drug-likeness (QED) is 0.896. The Balaban J connectivity index is 2.26. The molecule has 0 spiro atoms. The first-order valence-corrected chi connectivity index (χ1v) is 7.85. The van der Waals surface area contributed by atoms with E-state index in [-0.39, 0.29) is 18.7 Å². The standard InChI is InChI=1S/C15H23BrN2O/c1-11(17)14-7-6-12(9-15(14)16)18-8-4-2-3-5-13(18)10-19/h6-7,9,11,13,19H,2-5,8,10,17H2,1H3/t11-,13?/m0/s1. The minimum absolute atomic E-state index is 0.0289. The van der Waals surface area contributed by atoms with Gasteiger partial charge in [0.2, 0.25) is 0 Å². The second-order valence-corrected chi connectivity index (χ2v) is 6.23. The predicted molar refractivity (Wildman–Crippen MR) is 83.4 cm³/mol. The fraction of sp³-hybridized carbons (Fsp3) is 0.600. The van der Waals surface area contributed by atoms with E-state index in [1.807, 2.05) is 6.92 Å². The van der Waals surface area contributed by atoms with Crippen LogP contribution < -0.4 is 10.6 Å². The average Bonchev–Trinajstić information content (AvgIpc) is 2.63. The van der Waals surface area contributed by atoms with E-state index in [0.717, 1.165) is 23.0 Å². The first-order chi connectivity index (χ1) is 9.13. The van der Waals surface area contributed by atoms with Crippen molar-refractivity contribution in [3.8, 4) is 0 Å². The van der Waals surface area contributed by atoms with Gasteiger partial charge in [-0.25, -0.2) is 0 Å². The summed E-state index contributed by atoms with van der Waals surface area (Å²) in [5.74, 6) is 0. The van der Waals surface area contributed by atoms with Gasteiger partial charge in [0.25, 0.3) is 0 Å². The Morgan fingerprint density at radius 1 is 1.42 bits per heavy atom. The summed E-state index contributed by atoms with van der Waals surface area (Å²) in [4.78, 5) is 2.34. The summed E-state index contributed by atoms with van der Waals surface area (Å²) in [5.41, 5.74) is 8.24. The van der Waals surface area contributed by atoms with Crippen molar-refractivity contribution in [1.82, 2.24) is 0 Å². The largest absolute Gasteiger partial charge is 0.394 e. The van der Waals surface area contributed by atoms with Gasteiger partial charge in [-0.2, -0.15) is 0 Å². The van der Waals surface area contributed by atoms with Crippen LogP contribution in [-0.2, 0) is 0 Å².